The summed E-state index contributed by atoms with van der Waals surface area (Å²) < 4.78 is 37.7. The Hall–Kier alpha value is -3.09. The molecule has 0 aromatic heterocycles. The Kier molecular flexibility index (Phi) is 6.98. The summed E-state index contributed by atoms with van der Waals surface area (Å²) in [7, 11) is 0. The number of hydrogen-bond donors (Lipinski definition) is 1. The molecule has 0 spiro atoms. The van der Waals surface area contributed by atoms with Gasteiger partial charge in [0.2, 0.25) is 5.91 Å². The third-order valence-corrected chi connectivity index (χ3v) is 4.09. The minimum atomic E-state index is -4.40. The van der Waals surface area contributed by atoms with Crippen LogP contribution in [0.25, 0.3) is 6.08 Å². The van der Waals surface area contributed by atoms with Gasteiger partial charge in [0.15, 0.2) is 0 Å². The van der Waals surface area contributed by atoms with Gasteiger partial charge in [-0.05, 0) is 55.8 Å². The van der Waals surface area contributed by atoms with Crippen LogP contribution in [0.4, 0.5) is 18.9 Å². The van der Waals surface area contributed by atoms with Crippen LogP contribution in [0.5, 0.6) is 0 Å². The highest BCUT2D eigenvalue weighted by molar-refractivity contribution is 6.03. The van der Waals surface area contributed by atoms with E-state index in [4.69, 9.17) is 0 Å². The maximum atomic E-state index is 12.6. The fraction of sp³-hybridized carbons (Fsp3) is 0.238. The molecule has 0 heterocycles. The summed E-state index contributed by atoms with van der Waals surface area (Å²) in [4.78, 5) is 26.1. The van der Waals surface area contributed by atoms with E-state index in [0.29, 0.717) is 29.9 Å². The van der Waals surface area contributed by atoms with Crippen molar-refractivity contribution in [3.63, 3.8) is 0 Å². The molecule has 2 aromatic carbocycles. The number of rotatable bonds is 6. The SMILES string of the molecule is CCN(CC)C(=O)c1cccc(NC(=O)/C=C/c2ccc(C(F)(F)F)cc2)c1. The lowest BCUT2D eigenvalue weighted by atomic mass is 10.1. The van der Waals surface area contributed by atoms with Crippen molar-refractivity contribution in [2.75, 3.05) is 18.4 Å². The first-order chi connectivity index (χ1) is 13.2. The Morgan fingerprint density at radius 1 is 1.04 bits per heavy atom. The second-order valence-corrected chi connectivity index (χ2v) is 6.00. The predicted molar refractivity (Wildman–Crippen MR) is 103 cm³/mol. The highest BCUT2D eigenvalue weighted by Crippen LogP contribution is 2.29. The molecular formula is C21H21F3N2O2. The standard InChI is InChI=1S/C21H21F3N2O2/c1-3-26(4-2)20(28)16-6-5-7-18(14-16)25-19(27)13-10-15-8-11-17(12-9-15)21(22,23)24/h5-14H,3-4H2,1-2H3,(H,25,27)/b13-10+. The first-order valence-corrected chi connectivity index (χ1v) is 8.80. The van der Waals surface area contributed by atoms with Crippen molar-refractivity contribution in [3.8, 4) is 0 Å². The van der Waals surface area contributed by atoms with Gasteiger partial charge in [-0.15, -0.1) is 0 Å². The van der Waals surface area contributed by atoms with Crippen molar-refractivity contribution >= 4 is 23.6 Å². The smallest absolute Gasteiger partial charge is 0.339 e. The van der Waals surface area contributed by atoms with Crippen LogP contribution in [0, 0.1) is 0 Å². The number of carbonyl (C=O) groups is 2. The van der Waals surface area contributed by atoms with Gasteiger partial charge in [0.05, 0.1) is 5.56 Å². The molecule has 0 saturated heterocycles. The van der Waals surface area contributed by atoms with Gasteiger partial charge in [0.25, 0.3) is 5.91 Å². The van der Waals surface area contributed by atoms with E-state index in [0.717, 1.165) is 12.1 Å². The number of halogens is 3. The molecule has 28 heavy (non-hydrogen) atoms. The Morgan fingerprint density at radius 3 is 2.25 bits per heavy atom. The van der Waals surface area contributed by atoms with E-state index in [1.165, 1.54) is 24.3 Å². The number of carbonyl (C=O) groups excluding carboxylic acids is 2. The topological polar surface area (TPSA) is 49.4 Å². The van der Waals surface area contributed by atoms with Crippen molar-refractivity contribution in [1.82, 2.24) is 4.90 Å². The summed E-state index contributed by atoms with van der Waals surface area (Å²) in [6.07, 6.45) is -1.75. The van der Waals surface area contributed by atoms with Crippen molar-refractivity contribution in [1.29, 1.82) is 0 Å². The normalized spacial score (nSPS) is 11.5. The summed E-state index contributed by atoms with van der Waals surface area (Å²) in [5.41, 5.74) is 0.644. The molecule has 0 aliphatic carbocycles. The van der Waals surface area contributed by atoms with Gasteiger partial charge >= 0.3 is 6.18 Å². The molecule has 0 aliphatic rings. The van der Waals surface area contributed by atoms with Crippen molar-refractivity contribution in [3.05, 3.63) is 71.3 Å². The second kappa shape index (κ2) is 9.21. The number of nitrogens with zero attached hydrogens (tertiary/aromatic N) is 1. The third kappa shape index (κ3) is 5.70. The van der Waals surface area contributed by atoms with Gasteiger partial charge in [-0.1, -0.05) is 18.2 Å². The Balaban J connectivity index is 2.04. The predicted octanol–water partition coefficient (Wildman–Crippen LogP) is 4.84. The average Bonchev–Trinajstić information content (AvgIpc) is 2.67. The molecule has 7 heteroatoms. The largest absolute Gasteiger partial charge is 0.416 e. The Bertz CT molecular complexity index is 855. The van der Waals surface area contributed by atoms with Gasteiger partial charge in [-0.25, -0.2) is 0 Å². The van der Waals surface area contributed by atoms with Crippen molar-refractivity contribution < 1.29 is 22.8 Å². The van der Waals surface area contributed by atoms with Crippen LogP contribution in [-0.2, 0) is 11.0 Å². The summed E-state index contributed by atoms with van der Waals surface area (Å²) in [5.74, 6) is -0.575. The second-order valence-electron chi connectivity index (χ2n) is 6.00. The average molecular weight is 390 g/mol. The number of hydrogen-bond acceptors (Lipinski definition) is 2. The lowest BCUT2D eigenvalue weighted by molar-refractivity contribution is -0.137. The highest BCUT2D eigenvalue weighted by atomic mass is 19.4. The van der Waals surface area contributed by atoms with Crippen LogP contribution < -0.4 is 5.32 Å². The number of alkyl halides is 3. The third-order valence-electron chi connectivity index (χ3n) is 4.09. The maximum Gasteiger partial charge on any atom is 0.416 e. The number of benzene rings is 2. The van der Waals surface area contributed by atoms with Crippen LogP contribution in [0.3, 0.4) is 0 Å². The van der Waals surface area contributed by atoms with Gasteiger partial charge in [-0.3, -0.25) is 9.59 Å². The molecular weight excluding hydrogens is 369 g/mol. The van der Waals surface area contributed by atoms with Gasteiger partial charge in [0, 0.05) is 30.4 Å². The molecule has 2 aromatic rings. The molecule has 0 fully saturated rings. The molecule has 2 rings (SSSR count). The fourth-order valence-corrected chi connectivity index (χ4v) is 2.56. The van der Waals surface area contributed by atoms with Crippen molar-refractivity contribution in [2.24, 2.45) is 0 Å². The van der Waals surface area contributed by atoms with Crippen molar-refractivity contribution in [2.45, 2.75) is 20.0 Å². The molecule has 0 bridgehead atoms. The highest BCUT2D eigenvalue weighted by Gasteiger charge is 2.29. The van der Waals surface area contributed by atoms with E-state index in [1.54, 1.807) is 29.2 Å². The zero-order valence-electron chi connectivity index (χ0n) is 15.6. The van der Waals surface area contributed by atoms with Crippen LogP contribution >= 0.6 is 0 Å². The van der Waals surface area contributed by atoms with Gasteiger partial charge in [0.1, 0.15) is 0 Å². The summed E-state index contributed by atoms with van der Waals surface area (Å²) in [5, 5.41) is 2.64. The summed E-state index contributed by atoms with van der Waals surface area (Å²) >= 11 is 0. The van der Waals surface area contributed by atoms with Crippen LogP contribution in [-0.4, -0.2) is 29.8 Å². The van der Waals surface area contributed by atoms with Gasteiger partial charge < -0.3 is 10.2 Å². The monoisotopic (exact) mass is 390 g/mol. The van der Waals surface area contributed by atoms with Crippen LogP contribution in [0.15, 0.2) is 54.6 Å². The van der Waals surface area contributed by atoms with E-state index in [-0.39, 0.29) is 5.91 Å². The summed E-state index contributed by atoms with van der Waals surface area (Å²) in [6.45, 7) is 4.95. The lowest BCUT2D eigenvalue weighted by Gasteiger charge is -2.18. The molecule has 1 N–H and O–H groups in total. The van der Waals surface area contributed by atoms with Crippen LogP contribution in [0.2, 0.25) is 0 Å². The van der Waals surface area contributed by atoms with E-state index >= 15 is 0 Å². The first kappa shape index (κ1) is 21.2. The molecule has 0 saturated carbocycles. The summed E-state index contributed by atoms with van der Waals surface area (Å²) in [6, 6.07) is 11.1. The maximum absolute atomic E-state index is 12.6. The quantitative estimate of drug-likeness (QED) is 0.718. The Labute approximate surface area is 161 Å². The minimum Gasteiger partial charge on any atom is -0.339 e. The molecule has 0 radical (unpaired) electrons. The minimum absolute atomic E-state index is 0.124. The van der Waals surface area contributed by atoms with Gasteiger partial charge in [-0.2, -0.15) is 13.2 Å². The number of amides is 2. The molecule has 2 amide bonds. The van der Waals surface area contributed by atoms with E-state index in [1.807, 2.05) is 13.8 Å². The lowest BCUT2D eigenvalue weighted by Crippen LogP contribution is -2.30. The number of anilines is 1. The van der Waals surface area contributed by atoms with E-state index in [2.05, 4.69) is 5.32 Å². The Morgan fingerprint density at radius 2 is 1.68 bits per heavy atom. The zero-order chi connectivity index (χ0) is 20.7. The zero-order valence-corrected chi connectivity index (χ0v) is 15.6. The molecule has 148 valence electrons. The molecule has 0 aliphatic heterocycles. The first-order valence-electron chi connectivity index (χ1n) is 8.80. The van der Waals surface area contributed by atoms with E-state index < -0.39 is 17.6 Å². The number of nitrogens with one attached hydrogen (secondary N) is 1. The van der Waals surface area contributed by atoms with Crippen LogP contribution in [0.1, 0.15) is 35.3 Å². The fourth-order valence-electron chi connectivity index (χ4n) is 2.56. The molecule has 0 atom stereocenters. The van der Waals surface area contributed by atoms with E-state index in [9.17, 15) is 22.8 Å². The molecule has 0 unspecified atom stereocenters. The molecule has 4 nitrogen and oxygen atoms in total.